The molecule has 4 rings (SSSR count). The van der Waals surface area contributed by atoms with Gasteiger partial charge in [0.2, 0.25) is 5.69 Å². The summed E-state index contributed by atoms with van der Waals surface area (Å²) < 4.78 is 15.4. The summed E-state index contributed by atoms with van der Waals surface area (Å²) in [5, 5.41) is 7.18. The fraction of sp³-hybridized carbons (Fsp3) is 0.200. The van der Waals surface area contributed by atoms with E-state index in [9.17, 15) is 18.8 Å². The van der Waals surface area contributed by atoms with Gasteiger partial charge >= 0.3 is 5.69 Å². The van der Waals surface area contributed by atoms with Crippen molar-refractivity contribution in [1.29, 1.82) is 0 Å². The summed E-state index contributed by atoms with van der Waals surface area (Å²) >= 11 is 5.90. The topological polar surface area (TPSA) is 86.0 Å². The van der Waals surface area contributed by atoms with Crippen molar-refractivity contribution >= 4 is 17.5 Å². The summed E-state index contributed by atoms with van der Waals surface area (Å²) in [7, 11) is 0. The molecular formula is C20H16ClFN4O3. The van der Waals surface area contributed by atoms with E-state index < -0.39 is 28.7 Å². The van der Waals surface area contributed by atoms with Crippen LogP contribution >= 0.6 is 11.6 Å². The number of rotatable bonds is 5. The standard InChI is InChI=1S/C20H16ClFN4O3/c21-13-4-8-16(9-5-13)26-20(29)25(11-12-2-1-3-14(22)10-12)19(28)17(24-26)18(27)23-15-6-7-15/h1-5,8-10,15H,6-7,11H2,(H,23,27). The molecule has 1 amide bonds. The Morgan fingerprint density at radius 2 is 1.90 bits per heavy atom. The van der Waals surface area contributed by atoms with Crippen LogP contribution in [-0.4, -0.2) is 26.3 Å². The molecule has 0 atom stereocenters. The first-order chi connectivity index (χ1) is 13.9. The number of hydrogen-bond donors (Lipinski definition) is 1. The Bertz CT molecular complexity index is 1200. The number of amides is 1. The van der Waals surface area contributed by atoms with E-state index in [1.54, 1.807) is 30.3 Å². The van der Waals surface area contributed by atoms with E-state index in [0.717, 1.165) is 22.1 Å². The number of benzene rings is 2. The first-order valence-corrected chi connectivity index (χ1v) is 9.35. The van der Waals surface area contributed by atoms with Crippen molar-refractivity contribution in [2.24, 2.45) is 0 Å². The fourth-order valence-electron chi connectivity index (χ4n) is 2.85. The normalized spacial score (nSPS) is 13.3. The Balaban J connectivity index is 1.86. The highest BCUT2D eigenvalue weighted by Crippen LogP contribution is 2.18. The number of nitrogens with one attached hydrogen (secondary N) is 1. The number of halogens is 2. The molecule has 1 N–H and O–H groups in total. The molecule has 9 heteroatoms. The minimum Gasteiger partial charge on any atom is -0.348 e. The van der Waals surface area contributed by atoms with Gasteiger partial charge in [-0.15, -0.1) is 0 Å². The van der Waals surface area contributed by atoms with Crippen molar-refractivity contribution in [1.82, 2.24) is 19.7 Å². The Labute approximate surface area is 169 Å². The third-order valence-corrected chi connectivity index (χ3v) is 4.74. The molecular weight excluding hydrogens is 399 g/mol. The Morgan fingerprint density at radius 3 is 2.55 bits per heavy atom. The van der Waals surface area contributed by atoms with Gasteiger partial charge in [-0.3, -0.25) is 14.2 Å². The van der Waals surface area contributed by atoms with E-state index in [1.807, 2.05) is 0 Å². The van der Waals surface area contributed by atoms with Gasteiger partial charge in [-0.2, -0.15) is 9.78 Å². The monoisotopic (exact) mass is 414 g/mol. The van der Waals surface area contributed by atoms with Crippen LogP contribution in [0.1, 0.15) is 28.9 Å². The first kappa shape index (κ1) is 19.1. The molecule has 0 bridgehead atoms. The van der Waals surface area contributed by atoms with Crippen LogP contribution in [0.3, 0.4) is 0 Å². The number of carbonyl (C=O) groups is 1. The van der Waals surface area contributed by atoms with Crippen molar-refractivity contribution in [2.45, 2.75) is 25.4 Å². The maximum atomic E-state index is 13.6. The zero-order valence-corrected chi connectivity index (χ0v) is 15.9. The zero-order valence-electron chi connectivity index (χ0n) is 15.1. The second-order valence-corrected chi connectivity index (χ2v) is 7.22. The molecule has 7 nitrogen and oxygen atoms in total. The average molecular weight is 415 g/mol. The van der Waals surface area contributed by atoms with Crippen LogP contribution in [0, 0.1) is 5.82 Å². The molecule has 1 aliphatic carbocycles. The fourth-order valence-corrected chi connectivity index (χ4v) is 2.97. The maximum Gasteiger partial charge on any atom is 0.352 e. The quantitative estimate of drug-likeness (QED) is 0.693. The summed E-state index contributed by atoms with van der Waals surface area (Å²) in [5.74, 6) is -1.14. The van der Waals surface area contributed by atoms with Crippen molar-refractivity contribution in [3.63, 3.8) is 0 Å². The Kier molecular flexibility index (Phi) is 5.02. The van der Waals surface area contributed by atoms with Crippen LogP contribution in [0.5, 0.6) is 0 Å². The highest BCUT2D eigenvalue weighted by Gasteiger charge is 2.27. The van der Waals surface area contributed by atoms with Crippen LogP contribution in [0.25, 0.3) is 5.69 Å². The molecule has 0 saturated heterocycles. The number of nitrogens with zero attached hydrogens (tertiary/aromatic N) is 3. The van der Waals surface area contributed by atoms with Crippen LogP contribution in [0.15, 0.2) is 58.1 Å². The Hall–Kier alpha value is -3.26. The second-order valence-electron chi connectivity index (χ2n) is 6.79. The number of carbonyl (C=O) groups excluding carboxylic acids is 1. The summed E-state index contributed by atoms with van der Waals surface area (Å²) in [5.41, 5.74) is -1.23. The third kappa shape index (κ3) is 4.12. The van der Waals surface area contributed by atoms with Crippen molar-refractivity contribution in [3.05, 3.63) is 91.5 Å². The van der Waals surface area contributed by atoms with Gasteiger partial charge in [0, 0.05) is 11.1 Å². The predicted octanol–water partition coefficient (Wildman–Crippen LogP) is 2.13. The molecule has 1 aromatic heterocycles. The molecule has 1 heterocycles. The van der Waals surface area contributed by atoms with E-state index in [4.69, 9.17) is 11.6 Å². The molecule has 0 aliphatic heterocycles. The molecule has 0 spiro atoms. The van der Waals surface area contributed by atoms with Gasteiger partial charge in [-0.1, -0.05) is 23.7 Å². The van der Waals surface area contributed by atoms with Gasteiger partial charge in [0.15, 0.2) is 0 Å². The predicted molar refractivity (Wildman–Crippen MR) is 105 cm³/mol. The van der Waals surface area contributed by atoms with E-state index in [0.29, 0.717) is 16.3 Å². The smallest absolute Gasteiger partial charge is 0.348 e. The lowest BCUT2D eigenvalue weighted by Gasteiger charge is -2.12. The molecule has 1 saturated carbocycles. The molecule has 0 radical (unpaired) electrons. The van der Waals surface area contributed by atoms with Crippen LogP contribution in [0.2, 0.25) is 5.02 Å². The number of hydrogen-bond acceptors (Lipinski definition) is 4. The minimum absolute atomic E-state index is 0.0104. The average Bonchev–Trinajstić information content (AvgIpc) is 3.50. The van der Waals surface area contributed by atoms with Crippen LogP contribution in [-0.2, 0) is 6.54 Å². The van der Waals surface area contributed by atoms with Gasteiger partial charge in [0.25, 0.3) is 11.5 Å². The molecule has 2 aromatic carbocycles. The van der Waals surface area contributed by atoms with Crippen molar-refractivity contribution in [3.8, 4) is 5.69 Å². The lowest BCUT2D eigenvalue weighted by Crippen LogP contribution is -2.46. The highest BCUT2D eigenvalue weighted by atomic mass is 35.5. The van der Waals surface area contributed by atoms with Crippen LogP contribution in [0.4, 0.5) is 4.39 Å². The van der Waals surface area contributed by atoms with Gasteiger partial charge in [0.05, 0.1) is 12.2 Å². The van der Waals surface area contributed by atoms with E-state index in [1.165, 1.54) is 18.2 Å². The summed E-state index contributed by atoms with van der Waals surface area (Å²) in [4.78, 5) is 38.4. The van der Waals surface area contributed by atoms with Crippen molar-refractivity contribution < 1.29 is 9.18 Å². The Morgan fingerprint density at radius 1 is 1.17 bits per heavy atom. The zero-order chi connectivity index (χ0) is 20.5. The molecule has 0 unspecified atom stereocenters. The molecule has 29 heavy (non-hydrogen) atoms. The molecule has 1 aliphatic rings. The summed E-state index contributed by atoms with van der Waals surface area (Å²) in [6.45, 7) is -0.199. The first-order valence-electron chi connectivity index (χ1n) is 8.98. The van der Waals surface area contributed by atoms with E-state index >= 15 is 0 Å². The molecule has 148 valence electrons. The lowest BCUT2D eigenvalue weighted by atomic mass is 10.2. The summed E-state index contributed by atoms with van der Waals surface area (Å²) in [6.07, 6.45) is 1.67. The molecule has 1 fully saturated rings. The maximum absolute atomic E-state index is 13.6. The lowest BCUT2D eigenvalue weighted by molar-refractivity contribution is 0.0941. The highest BCUT2D eigenvalue weighted by molar-refractivity contribution is 6.30. The van der Waals surface area contributed by atoms with Crippen molar-refractivity contribution in [2.75, 3.05) is 0 Å². The number of aromatic nitrogens is 3. The SMILES string of the molecule is O=C(NC1CC1)c1nn(-c2ccc(Cl)cc2)c(=O)n(Cc2cccc(F)c2)c1=O. The van der Waals surface area contributed by atoms with Gasteiger partial charge < -0.3 is 5.32 Å². The second kappa shape index (κ2) is 7.63. The van der Waals surface area contributed by atoms with Crippen LogP contribution < -0.4 is 16.6 Å². The minimum atomic E-state index is -0.831. The van der Waals surface area contributed by atoms with E-state index in [-0.39, 0.29) is 12.6 Å². The largest absolute Gasteiger partial charge is 0.352 e. The van der Waals surface area contributed by atoms with Gasteiger partial charge in [-0.05, 0) is 54.8 Å². The third-order valence-electron chi connectivity index (χ3n) is 4.49. The summed E-state index contributed by atoms with van der Waals surface area (Å²) in [6, 6.07) is 11.8. The van der Waals surface area contributed by atoms with Gasteiger partial charge in [0.1, 0.15) is 5.82 Å². The van der Waals surface area contributed by atoms with E-state index in [2.05, 4.69) is 10.4 Å². The van der Waals surface area contributed by atoms with Gasteiger partial charge in [-0.25, -0.2) is 9.18 Å². The molecule has 3 aromatic rings.